The highest BCUT2D eigenvalue weighted by Gasteiger charge is 2.22. The Morgan fingerprint density at radius 1 is 0.966 bits per heavy atom. The number of thiophene rings is 1. The molecule has 2 aromatic heterocycles. The molecule has 2 N–H and O–H groups in total. The van der Waals surface area contributed by atoms with E-state index in [2.05, 4.69) is 41.0 Å². The van der Waals surface area contributed by atoms with Crippen LogP contribution in [-0.4, -0.2) is 45.9 Å². The van der Waals surface area contributed by atoms with Gasteiger partial charge in [0, 0.05) is 37.6 Å². The lowest BCUT2D eigenvalue weighted by Gasteiger charge is -2.34. The SMILES string of the molecule is Cc1ccccc1CN1CCN(Cc2nc(N)c3c4c(sc3n2)CCCC4)CC1. The van der Waals surface area contributed by atoms with Crippen LogP contribution in [0.3, 0.4) is 0 Å². The average molecular weight is 408 g/mol. The summed E-state index contributed by atoms with van der Waals surface area (Å²) in [6, 6.07) is 8.70. The monoisotopic (exact) mass is 407 g/mol. The van der Waals surface area contributed by atoms with Crippen molar-refractivity contribution in [3.8, 4) is 0 Å². The molecule has 5 rings (SSSR count). The summed E-state index contributed by atoms with van der Waals surface area (Å²) in [5.74, 6) is 1.56. The lowest BCUT2D eigenvalue weighted by atomic mass is 9.97. The van der Waals surface area contributed by atoms with E-state index in [4.69, 9.17) is 15.7 Å². The third-order valence-corrected chi connectivity index (χ3v) is 7.56. The van der Waals surface area contributed by atoms with Crippen molar-refractivity contribution in [1.29, 1.82) is 0 Å². The summed E-state index contributed by atoms with van der Waals surface area (Å²) < 4.78 is 0. The lowest BCUT2D eigenvalue weighted by Crippen LogP contribution is -2.45. The Morgan fingerprint density at radius 2 is 1.69 bits per heavy atom. The van der Waals surface area contributed by atoms with Crippen molar-refractivity contribution < 1.29 is 0 Å². The van der Waals surface area contributed by atoms with Crippen molar-refractivity contribution >= 4 is 27.4 Å². The Labute approximate surface area is 176 Å². The van der Waals surface area contributed by atoms with Crippen molar-refractivity contribution in [1.82, 2.24) is 19.8 Å². The smallest absolute Gasteiger partial charge is 0.146 e. The first-order valence-corrected chi connectivity index (χ1v) is 11.5. The number of hydrogen-bond acceptors (Lipinski definition) is 6. The lowest BCUT2D eigenvalue weighted by molar-refractivity contribution is 0.120. The van der Waals surface area contributed by atoms with E-state index in [1.165, 1.54) is 40.8 Å². The largest absolute Gasteiger partial charge is 0.383 e. The molecule has 152 valence electrons. The van der Waals surface area contributed by atoms with Gasteiger partial charge in [-0.3, -0.25) is 9.80 Å². The van der Waals surface area contributed by atoms with Gasteiger partial charge in [-0.15, -0.1) is 11.3 Å². The molecule has 6 heteroatoms. The minimum atomic E-state index is 0.683. The van der Waals surface area contributed by atoms with Gasteiger partial charge >= 0.3 is 0 Å². The fourth-order valence-corrected chi connectivity index (χ4v) is 5.92. The summed E-state index contributed by atoms with van der Waals surface area (Å²) in [7, 11) is 0. The third-order valence-electron chi connectivity index (χ3n) is 6.37. The molecule has 0 bridgehead atoms. The molecule has 1 aliphatic carbocycles. The van der Waals surface area contributed by atoms with Gasteiger partial charge in [-0.1, -0.05) is 24.3 Å². The van der Waals surface area contributed by atoms with Crippen molar-refractivity contribution in [3.05, 3.63) is 51.7 Å². The van der Waals surface area contributed by atoms with Crippen LogP contribution in [0.25, 0.3) is 10.2 Å². The second kappa shape index (κ2) is 8.01. The average Bonchev–Trinajstić information content (AvgIpc) is 3.10. The minimum absolute atomic E-state index is 0.683. The zero-order valence-corrected chi connectivity index (χ0v) is 18.0. The highest BCUT2D eigenvalue weighted by molar-refractivity contribution is 7.19. The van der Waals surface area contributed by atoms with Crippen molar-refractivity contribution in [3.63, 3.8) is 0 Å². The first-order chi connectivity index (χ1) is 14.2. The second-order valence-corrected chi connectivity index (χ2v) is 9.48. The Kier molecular flexibility index (Phi) is 5.24. The van der Waals surface area contributed by atoms with E-state index in [9.17, 15) is 0 Å². The Balaban J connectivity index is 1.25. The van der Waals surface area contributed by atoms with Crippen molar-refractivity contribution in [2.75, 3.05) is 31.9 Å². The predicted octanol–water partition coefficient (Wildman–Crippen LogP) is 3.78. The molecule has 0 spiro atoms. The van der Waals surface area contributed by atoms with Crippen LogP contribution in [0.5, 0.6) is 0 Å². The van der Waals surface area contributed by atoms with Gasteiger partial charge in [-0.05, 0) is 49.3 Å². The van der Waals surface area contributed by atoms with Gasteiger partial charge in [0.2, 0.25) is 0 Å². The summed E-state index contributed by atoms with van der Waals surface area (Å²) in [6.45, 7) is 8.30. The first-order valence-electron chi connectivity index (χ1n) is 10.7. The molecule has 0 unspecified atom stereocenters. The maximum atomic E-state index is 6.38. The van der Waals surface area contributed by atoms with Crippen LogP contribution in [0.4, 0.5) is 5.82 Å². The normalized spacial score (nSPS) is 18.2. The van der Waals surface area contributed by atoms with Crippen LogP contribution in [0, 0.1) is 6.92 Å². The molecule has 1 fully saturated rings. The summed E-state index contributed by atoms with van der Waals surface area (Å²) >= 11 is 1.84. The van der Waals surface area contributed by atoms with Crippen molar-refractivity contribution in [2.45, 2.75) is 45.7 Å². The van der Waals surface area contributed by atoms with Gasteiger partial charge in [0.15, 0.2) is 0 Å². The molecular formula is C23H29N5S. The van der Waals surface area contributed by atoms with E-state index in [0.29, 0.717) is 5.82 Å². The number of nitrogens with zero attached hydrogens (tertiary/aromatic N) is 4. The molecule has 0 radical (unpaired) electrons. The van der Waals surface area contributed by atoms with Crippen LogP contribution in [-0.2, 0) is 25.9 Å². The molecular weight excluding hydrogens is 378 g/mol. The topological polar surface area (TPSA) is 58.3 Å². The van der Waals surface area contributed by atoms with E-state index in [0.717, 1.165) is 61.7 Å². The maximum Gasteiger partial charge on any atom is 0.146 e. The van der Waals surface area contributed by atoms with Gasteiger partial charge in [-0.25, -0.2) is 9.97 Å². The number of hydrogen-bond donors (Lipinski definition) is 1. The fraction of sp³-hybridized carbons (Fsp3) is 0.478. The zero-order valence-electron chi connectivity index (χ0n) is 17.2. The summed E-state index contributed by atoms with van der Waals surface area (Å²) in [4.78, 5) is 17.2. The van der Waals surface area contributed by atoms with Crippen molar-refractivity contribution in [2.24, 2.45) is 0 Å². The van der Waals surface area contributed by atoms with Gasteiger partial charge in [0.1, 0.15) is 16.5 Å². The van der Waals surface area contributed by atoms with E-state index in [1.807, 2.05) is 11.3 Å². The number of aromatic nitrogens is 2. The molecule has 5 nitrogen and oxygen atoms in total. The molecule has 0 atom stereocenters. The number of aryl methyl sites for hydroxylation is 3. The summed E-state index contributed by atoms with van der Waals surface area (Å²) in [5.41, 5.74) is 10.6. The summed E-state index contributed by atoms with van der Waals surface area (Å²) in [6.07, 6.45) is 4.85. The van der Waals surface area contributed by atoms with Gasteiger partial charge < -0.3 is 5.73 Å². The van der Waals surface area contributed by atoms with Crippen LogP contribution >= 0.6 is 11.3 Å². The van der Waals surface area contributed by atoms with E-state index in [-0.39, 0.29) is 0 Å². The molecule has 0 saturated carbocycles. The standard InChI is InChI=1S/C23H29N5S/c1-16-6-2-3-7-17(16)14-27-10-12-28(13-11-27)15-20-25-22(24)21-18-8-4-5-9-19(18)29-23(21)26-20/h2-3,6-7H,4-5,8-15H2,1H3,(H2,24,25,26). The molecule has 1 saturated heterocycles. The summed E-state index contributed by atoms with van der Waals surface area (Å²) in [5, 5.41) is 1.14. The van der Waals surface area contributed by atoms with Gasteiger partial charge in [0.05, 0.1) is 11.9 Å². The second-order valence-electron chi connectivity index (χ2n) is 8.39. The molecule has 1 aromatic carbocycles. The number of benzene rings is 1. The number of nitrogens with two attached hydrogens (primary N) is 1. The van der Waals surface area contributed by atoms with Crippen LogP contribution in [0.2, 0.25) is 0 Å². The maximum absolute atomic E-state index is 6.38. The number of rotatable bonds is 4. The number of piperazine rings is 1. The Bertz CT molecular complexity index is 1020. The van der Waals surface area contributed by atoms with Crippen LogP contribution in [0.1, 0.15) is 40.2 Å². The predicted molar refractivity (Wildman–Crippen MR) is 120 cm³/mol. The number of fused-ring (bicyclic) bond motifs is 3. The van der Waals surface area contributed by atoms with Crippen LogP contribution < -0.4 is 5.73 Å². The third kappa shape index (κ3) is 3.89. The molecule has 3 aromatic rings. The Hall–Kier alpha value is -2.02. The van der Waals surface area contributed by atoms with Gasteiger partial charge in [0.25, 0.3) is 0 Å². The highest BCUT2D eigenvalue weighted by atomic mass is 32.1. The van der Waals surface area contributed by atoms with Crippen LogP contribution in [0.15, 0.2) is 24.3 Å². The van der Waals surface area contributed by atoms with E-state index in [1.54, 1.807) is 0 Å². The zero-order chi connectivity index (χ0) is 19.8. The van der Waals surface area contributed by atoms with E-state index >= 15 is 0 Å². The first kappa shape index (κ1) is 19.0. The molecule has 2 aliphatic rings. The fourth-order valence-electron chi connectivity index (χ4n) is 4.64. The minimum Gasteiger partial charge on any atom is -0.383 e. The molecule has 3 heterocycles. The molecule has 0 amide bonds. The van der Waals surface area contributed by atoms with E-state index < -0.39 is 0 Å². The number of anilines is 1. The molecule has 1 aliphatic heterocycles. The quantitative estimate of drug-likeness (QED) is 0.713. The number of nitrogen functional groups attached to an aromatic ring is 1. The highest BCUT2D eigenvalue weighted by Crippen LogP contribution is 2.37. The molecule has 29 heavy (non-hydrogen) atoms. The Morgan fingerprint density at radius 3 is 2.48 bits per heavy atom. The van der Waals surface area contributed by atoms with Gasteiger partial charge in [-0.2, -0.15) is 0 Å².